The van der Waals surface area contributed by atoms with Crippen LogP contribution in [-0.2, 0) is 6.61 Å². The summed E-state index contributed by atoms with van der Waals surface area (Å²) in [6, 6.07) is 17.5. The highest BCUT2D eigenvalue weighted by Crippen LogP contribution is 2.33. The van der Waals surface area contributed by atoms with E-state index in [2.05, 4.69) is 0 Å². The second-order valence-electron chi connectivity index (χ2n) is 8.61. The molecule has 0 radical (unpaired) electrons. The average molecular weight is 476 g/mol. The third-order valence-electron chi connectivity index (χ3n) is 6.44. The van der Waals surface area contributed by atoms with E-state index in [-0.39, 0.29) is 35.0 Å². The second-order valence-corrected chi connectivity index (χ2v) is 9.02. The number of carbonyl (C=O) groups is 3. The van der Waals surface area contributed by atoms with Crippen molar-refractivity contribution in [3.05, 3.63) is 87.9 Å². The zero-order chi connectivity index (χ0) is 23.8. The molecule has 2 aliphatic rings. The quantitative estimate of drug-likeness (QED) is 0.454. The van der Waals surface area contributed by atoms with Crippen LogP contribution in [0.3, 0.4) is 0 Å². The lowest BCUT2D eigenvalue weighted by molar-refractivity contribution is 0.0586. The Kier molecular flexibility index (Phi) is 5.84. The van der Waals surface area contributed by atoms with Crippen LogP contribution >= 0.6 is 11.6 Å². The molecule has 1 saturated carbocycles. The third kappa shape index (κ3) is 4.05. The van der Waals surface area contributed by atoms with Crippen LogP contribution < -0.4 is 4.74 Å². The van der Waals surface area contributed by atoms with E-state index in [0.29, 0.717) is 16.9 Å². The molecule has 0 saturated heterocycles. The van der Waals surface area contributed by atoms with Crippen molar-refractivity contribution < 1.29 is 24.2 Å². The summed E-state index contributed by atoms with van der Waals surface area (Å²) in [5.74, 6) is -1.02. The summed E-state index contributed by atoms with van der Waals surface area (Å²) in [7, 11) is 0. The number of rotatable bonds is 6. The smallest absolute Gasteiger partial charge is 0.337 e. The van der Waals surface area contributed by atoms with Crippen LogP contribution in [0, 0.1) is 0 Å². The molecule has 6 nitrogen and oxygen atoms in total. The van der Waals surface area contributed by atoms with Crippen LogP contribution in [0.5, 0.6) is 5.75 Å². The summed E-state index contributed by atoms with van der Waals surface area (Å²) in [5.41, 5.74) is 3.32. The molecule has 172 valence electrons. The molecule has 0 aromatic heterocycles. The molecule has 0 spiro atoms. The maximum absolute atomic E-state index is 12.9. The van der Waals surface area contributed by atoms with E-state index in [4.69, 9.17) is 16.3 Å². The number of imide groups is 1. The maximum Gasteiger partial charge on any atom is 0.337 e. The van der Waals surface area contributed by atoms with Crippen molar-refractivity contribution >= 4 is 29.4 Å². The molecule has 0 bridgehead atoms. The van der Waals surface area contributed by atoms with Gasteiger partial charge >= 0.3 is 5.97 Å². The second kappa shape index (κ2) is 8.95. The molecule has 7 heteroatoms. The average Bonchev–Trinajstić information content (AvgIpc) is 3.44. The number of fused-ring (bicyclic) bond motifs is 1. The van der Waals surface area contributed by atoms with Crippen LogP contribution in [0.4, 0.5) is 0 Å². The van der Waals surface area contributed by atoms with Gasteiger partial charge in [-0.1, -0.05) is 48.7 Å². The van der Waals surface area contributed by atoms with E-state index in [1.165, 1.54) is 4.90 Å². The molecule has 0 unspecified atom stereocenters. The summed E-state index contributed by atoms with van der Waals surface area (Å²) in [5, 5.41) is 9.52. The highest BCUT2D eigenvalue weighted by molar-refractivity contribution is 6.33. The summed E-state index contributed by atoms with van der Waals surface area (Å²) in [6.07, 6.45) is 3.82. The SMILES string of the molecule is O=C(O)c1cc(-c2cccc(COc3ccc4c(c3)C(=O)N(C3CCCC3)C4=O)c2)ccc1Cl. The van der Waals surface area contributed by atoms with Crippen LogP contribution in [0.25, 0.3) is 11.1 Å². The molecule has 1 fully saturated rings. The van der Waals surface area contributed by atoms with Gasteiger partial charge in [0.1, 0.15) is 12.4 Å². The molecule has 0 atom stereocenters. The van der Waals surface area contributed by atoms with Gasteiger partial charge in [-0.05, 0) is 65.9 Å². The fourth-order valence-corrected chi connectivity index (χ4v) is 4.90. The molecular formula is C27H22ClNO5. The molecule has 34 heavy (non-hydrogen) atoms. The Bertz CT molecular complexity index is 1310. The Morgan fingerprint density at radius 1 is 0.941 bits per heavy atom. The zero-order valence-electron chi connectivity index (χ0n) is 18.3. The minimum atomic E-state index is -1.08. The maximum atomic E-state index is 12.9. The number of ether oxygens (including phenoxy) is 1. The summed E-state index contributed by atoms with van der Waals surface area (Å²) in [6.45, 7) is 0.250. The van der Waals surface area contributed by atoms with E-state index < -0.39 is 5.97 Å². The van der Waals surface area contributed by atoms with Crippen molar-refractivity contribution in [2.45, 2.75) is 38.3 Å². The highest BCUT2D eigenvalue weighted by Gasteiger charge is 2.40. The molecule has 1 heterocycles. The molecule has 3 aromatic rings. The normalized spacial score (nSPS) is 15.6. The molecule has 2 amide bonds. The summed E-state index contributed by atoms with van der Waals surface area (Å²) < 4.78 is 5.94. The highest BCUT2D eigenvalue weighted by atomic mass is 35.5. The van der Waals surface area contributed by atoms with Gasteiger partial charge in [-0.25, -0.2) is 4.79 Å². The standard InChI is InChI=1S/C27H22ClNO5/c28-24-11-8-18(13-23(24)27(32)33)17-5-3-4-16(12-17)15-34-20-9-10-21-22(14-20)26(31)29(25(21)30)19-6-1-2-7-19/h3-5,8-14,19H,1-2,6-7,15H2,(H,32,33). The number of carboxylic acid groups (broad SMARTS) is 1. The van der Waals surface area contributed by atoms with Crippen LogP contribution in [0.2, 0.25) is 5.02 Å². The largest absolute Gasteiger partial charge is 0.489 e. The van der Waals surface area contributed by atoms with Gasteiger partial charge in [-0.3, -0.25) is 14.5 Å². The predicted molar refractivity (Wildman–Crippen MR) is 127 cm³/mol. The molecular weight excluding hydrogens is 454 g/mol. The first-order chi connectivity index (χ1) is 16.4. The van der Waals surface area contributed by atoms with Gasteiger partial charge in [0.05, 0.1) is 21.7 Å². The lowest BCUT2D eigenvalue weighted by atomic mass is 10.0. The minimum absolute atomic E-state index is 0.00554. The van der Waals surface area contributed by atoms with Gasteiger partial charge in [0.25, 0.3) is 11.8 Å². The lowest BCUT2D eigenvalue weighted by Gasteiger charge is -2.21. The number of benzene rings is 3. The first-order valence-corrected chi connectivity index (χ1v) is 11.6. The molecule has 1 aliphatic heterocycles. The minimum Gasteiger partial charge on any atom is -0.489 e. The molecule has 3 aromatic carbocycles. The molecule has 1 aliphatic carbocycles. The zero-order valence-corrected chi connectivity index (χ0v) is 19.0. The number of amides is 2. The van der Waals surface area contributed by atoms with Crippen molar-refractivity contribution in [3.8, 4) is 16.9 Å². The Morgan fingerprint density at radius 3 is 2.44 bits per heavy atom. The summed E-state index contributed by atoms with van der Waals surface area (Å²) in [4.78, 5) is 38.5. The third-order valence-corrected chi connectivity index (χ3v) is 6.77. The van der Waals surface area contributed by atoms with E-state index in [1.54, 1.807) is 36.4 Å². The number of halogens is 1. The number of aromatic carboxylic acids is 1. The number of hydrogen-bond donors (Lipinski definition) is 1. The fourth-order valence-electron chi connectivity index (χ4n) is 4.70. The fraction of sp³-hybridized carbons (Fsp3) is 0.222. The van der Waals surface area contributed by atoms with Crippen LogP contribution in [0.15, 0.2) is 60.7 Å². The van der Waals surface area contributed by atoms with E-state index in [1.807, 2.05) is 24.3 Å². The Hall–Kier alpha value is -3.64. The van der Waals surface area contributed by atoms with E-state index in [0.717, 1.165) is 42.4 Å². The first kappa shape index (κ1) is 22.2. The van der Waals surface area contributed by atoms with Crippen molar-refractivity contribution in [1.29, 1.82) is 0 Å². The first-order valence-electron chi connectivity index (χ1n) is 11.2. The summed E-state index contributed by atoms with van der Waals surface area (Å²) >= 11 is 5.98. The van der Waals surface area contributed by atoms with E-state index >= 15 is 0 Å². The van der Waals surface area contributed by atoms with E-state index in [9.17, 15) is 19.5 Å². The number of carboxylic acids is 1. The Labute approximate surface area is 201 Å². The van der Waals surface area contributed by atoms with Crippen molar-refractivity contribution in [3.63, 3.8) is 0 Å². The van der Waals surface area contributed by atoms with Gasteiger partial charge < -0.3 is 9.84 Å². The van der Waals surface area contributed by atoms with Crippen molar-refractivity contribution in [1.82, 2.24) is 4.90 Å². The topological polar surface area (TPSA) is 83.9 Å². The molecule has 5 rings (SSSR count). The van der Waals surface area contributed by atoms with Gasteiger partial charge in [0.2, 0.25) is 0 Å². The Morgan fingerprint density at radius 2 is 1.68 bits per heavy atom. The Balaban J connectivity index is 1.33. The van der Waals surface area contributed by atoms with Gasteiger partial charge in [0.15, 0.2) is 0 Å². The monoisotopic (exact) mass is 475 g/mol. The predicted octanol–water partition coefficient (Wildman–Crippen LogP) is 5.82. The van der Waals surface area contributed by atoms with Gasteiger partial charge in [0, 0.05) is 6.04 Å². The van der Waals surface area contributed by atoms with Crippen molar-refractivity contribution in [2.75, 3.05) is 0 Å². The van der Waals surface area contributed by atoms with Crippen LogP contribution in [0.1, 0.15) is 62.3 Å². The molecule has 1 N–H and O–H groups in total. The van der Waals surface area contributed by atoms with Crippen molar-refractivity contribution in [2.24, 2.45) is 0 Å². The van der Waals surface area contributed by atoms with Gasteiger partial charge in [-0.15, -0.1) is 0 Å². The van der Waals surface area contributed by atoms with Crippen LogP contribution in [-0.4, -0.2) is 33.8 Å². The lowest BCUT2D eigenvalue weighted by Crippen LogP contribution is -2.38. The number of nitrogens with zero attached hydrogens (tertiary/aromatic N) is 1. The van der Waals surface area contributed by atoms with Gasteiger partial charge in [-0.2, -0.15) is 0 Å². The number of hydrogen-bond acceptors (Lipinski definition) is 4. The number of carbonyl (C=O) groups excluding carboxylic acids is 2.